The second kappa shape index (κ2) is 6.86. The molecule has 0 radical (unpaired) electrons. The van der Waals surface area contributed by atoms with Crippen molar-refractivity contribution in [3.8, 4) is 0 Å². The molecule has 1 aromatic heterocycles. The van der Waals surface area contributed by atoms with Gasteiger partial charge in [0.1, 0.15) is 10.7 Å². The molecule has 2 rings (SSSR count). The van der Waals surface area contributed by atoms with Gasteiger partial charge in [0, 0.05) is 18.8 Å². The molecule has 1 amide bonds. The second-order valence-electron chi connectivity index (χ2n) is 4.97. The molecule has 0 bridgehead atoms. The zero-order chi connectivity index (χ0) is 15.3. The number of amides is 1. The van der Waals surface area contributed by atoms with Gasteiger partial charge in [-0.15, -0.1) is 0 Å². The summed E-state index contributed by atoms with van der Waals surface area (Å²) in [6.07, 6.45) is 4.17. The lowest BCUT2D eigenvalue weighted by Crippen LogP contribution is -2.37. The highest BCUT2D eigenvalue weighted by Crippen LogP contribution is 2.18. The van der Waals surface area contributed by atoms with Crippen LogP contribution in [0.3, 0.4) is 0 Å². The minimum Gasteiger partial charge on any atom is -0.370 e. The van der Waals surface area contributed by atoms with Crippen LogP contribution in [0.5, 0.6) is 0 Å². The second-order valence-corrected chi connectivity index (χ2v) is 6.74. The molecule has 7 nitrogen and oxygen atoms in total. The van der Waals surface area contributed by atoms with Crippen LogP contribution in [-0.4, -0.2) is 38.4 Å². The van der Waals surface area contributed by atoms with Gasteiger partial charge in [0.15, 0.2) is 0 Å². The number of carbonyl (C=O) groups excluding carboxylic acids is 1. The number of hydrogen-bond donors (Lipinski definition) is 3. The Morgan fingerprint density at radius 3 is 2.71 bits per heavy atom. The molecular formula is C13H20N4O3S. The van der Waals surface area contributed by atoms with Crippen molar-refractivity contribution in [2.45, 2.75) is 37.1 Å². The molecule has 116 valence electrons. The molecule has 3 N–H and O–H groups in total. The molecule has 1 saturated carbocycles. The molecule has 1 aliphatic carbocycles. The first-order valence-corrected chi connectivity index (χ1v) is 8.48. The summed E-state index contributed by atoms with van der Waals surface area (Å²) in [6, 6.07) is 3.29. The van der Waals surface area contributed by atoms with Crippen LogP contribution in [-0.2, 0) is 14.8 Å². The number of anilines is 1. The van der Waals surface area contributed by atoms with Crippen molar-refractivity contribution >= 4 is 21.7 Å². The van der Waals surface area contributed by atoms with E-state index in [1.54, 1.807) is 6.07 Å². The van der Waals surface area contributed by atoms with E-state index in [0.717, 1.165) is 25.8 Å². The monoisotopic (exact) mass is 312 g/mol. The Morgan fingerprint density at radius 1 is 1.38 bits per heavy atom. The van der Waals surface area contributed by atoms with Gasteiger partial charge < -0.3 is 10.6 Å². The van der Waals surface area contributed by atoms with Gasteiger partial charge in [-0.25, -0.2) is 18.1 Å². The van der Waals surface area contributed by atoms with E-state index >= 15 is 0 Å². The molecule has 8 heteroatoms. The van der Waals surface area contributed by atoms with Crippen LogP contribution in [0.15, 0.2) is 23.2 Å². The highest BCUT2D eigenvalue weighted by molar-refractivity contribution is 7.89. The van der Waals surface area contributed by atoms with Crippen molar-refractivity contribution in [3.05, 3.63) is 18.3 Å². The zero-order valence-electron chi connectivity index (χ0n) is 11.9. The van der Waals surface area contributed by atoms with Crippen molar-refractivity contribution in [1.82, 2.24) is 15.0 Å². The van der Waals surface area contributed by atoms with E-state index < -0.39 is 10.0 Å². The number of pyridine rings is 1. The third kappa shape index (κ3) is 4.98. The van der Waals surface area contributed by atoms with Crippen molar-refractivity contribution in [3.63, 3.8) is 0 Å². The van der Waals surface area contributed by atoms with E-state index in [9.17, 15) is 13.2 Å². The van der Waals surface area contributed by atoms with E-state index in [-0.39, 0.29) is 23.4 Å². The molecule has 1 fully saturated rings. The molecule has 1 heterocycles. The number of carbonyl (C=O) groups is 1. The first-order chi connectivity index (χ1) is 10.0. The summed E-state index contributed by atoms with van der Waals surface area (Å²) in [6.45, 7) is 2.55. The smallest absolute Gasteiger partial charge is 0.242 e. The molecular weight excluding hydrogens is 292 g/mol. The Hall–Kier alpha value is -1.67. The van der Waals surface area contributed by atoms with Crippen LogP contribution >= 0.6 is 0 Å². The van der Waals surface area contributed by atoms with Crippen LogP contribution < -0.4 is 15.4 Å². The Labute approximate surface area is 124 Å². The first-order valence-electron chi connectivity index (χ1n) is 7.00. The third-order valence-corrected chi connectivity index (χ3v) is 4.35. The Morgan fingerprint density at radius 2 is 2.14 bits per heavy atom. The van der Waals surface area contributed by atoms with E-state index in [1.165, 1.54) is 12.3 Å². The maximum absolute atomic E-state index is 12.0. The first kappa shape index (κ1) is 15.7. The molecule has 0 saturated heterocycles. The van der Waals surface area contributed by atoms with Gasteiger partial charge in [0.05, 0.1) is 6.54 Å². The summed E-state index contributed by atoms with van der Waals surface area (Å²) in [4.78, 5) is 15.6. The average molecular weight is 312 g/mol. The maximum atomic E-state index is 12.0. The van der Waals surface area contributed by atoms with Gasteiger partial charge in [0.2, 0.25) is 15.9 Å². The topological polar surface area (TPSA) is 100 Å². The Balaban J connectivity index is 1.89. The van der Waals surface area contributed by atoms with E-state index in [2.05, 4.69) is 20.3 Å². The molecule has 0 aliphatic heterocycles. The molecule has 1 aromatic rings. The molecule has 0 atom stereocenters. The van der Waals surface area contributed by atoms with E-state index in [4.69, 9.17) is 0 Å². The largest absolute Gasteiger partial charge is 0.370 e. The predicted molar refractivity (Wildman–Crippen MR) is 79.4 cm³/mol. The summed E-state index contributed by atoms with van der Waals surface area (Å²) in [5, 5.41) is 5.78. The third-order valence-electron chi connectivity index (χ3n) is 2.97. The lowest BCUT2D eigenvalue weighted by Gasteiger charge is -2.08. The lowest BCUT2D eigenvalue weighted by molar-refractivity contribution is -0.120. The molecule has 0 unspecified atom stereocenters. The van der Waals surface area contributed by atoms with Crippen LogP contribution in [0, 0.1) is 0 Å². The number of aromatic nitrogens is 1. The van der Waals surface area contributed by atoms with Crippen LogP contribution in [0.25, 0.3) is 0 Å². The van der Waals surface area contributed by atoms with Crippen molar-refractivity contribution < 1.29 is 13.2 Å². The van der Waals surface area contributed by atoms with Crippen molar-refractivity contribution in [2.24, 2.45) is 0 Å². The normalized spacial score (nSPS) is 14.7. The molecule has 0 spiro atoms. The number of nitrogens with one attached hydrogen (secondary N) is 3. The summed E-state index contributed by atoms with van der Waals surface area (Å²) in [5.41, 5.74) is 0. The SMILES string of the molecule is CCCNc1ccc(S(=O)(=O)NCC(=O)NC2CC2)cn1. The van der Waals surface area contributed by atoms with Gasteiger partial charge in [-0.2, -0.15) is 0 Å². The number of hydrogen-bond acceptors (Lipinski definition) is 5. The fourth-order valence-electron chi connectivity index (χ4n) is 1.65. The maximum Gasteiger partial charge on any atom is 0.242 e. The van der Waals surface area contributed by atoms with Gasteiger partial charge >= 0.3 is 0 Å². The lowest BCUT2D eigenvalue weighted by atomic mass is 10.4. The van der Waals surface area contributed by atoms with Gasteiger partial charge in [-0.1, -0.05) is 6.92 Å². The van der Waals surface area contributed by atoms with E-state index in [0.29, 0.717) is 5.82 Å². The highest BCUT2D eigenvalue weighted by atomic mass is 32.2. The number of nitrogens with zero attached hydrogens (tertiary/aromatic N) is 1. The van der Waals surface area contributed by atoms with Gasteiger partial charge in [-0.05, 0) is 31.4 Å². The standard InChI is InChI=1S/C13H20N4O3S/c1-2-7-14-12-6-5-11(8-15-12)21(19,20)16-9-13(18)17-10-3-4-10/h5-6,8,10,16H,2-4,7,9H2,1H3,(H,14,15)(H,17,18). The van der Waals surface area contributed by atoms with E-state index in [1.807, 2.05) is 6.92 Å². The molecule has 21 heavy (non-hydrogen) atoms. The Bertz CT molecular complexity index is 582. The fourth-order valence-corrected chi connectivity index (χ4v) is 2.57. The Kier molecular flexibility index (Phi) is 5.13. The fraction of sp³-hybridized carbons (Fsp3) is 0.538. The summed E-state index contributed by atoms with van der Waals surface area (Å²) < 4.78 is 26.3. The number of rotatable bonds is 8. The van der Waals surface area contributed by atoms with Gasteiger partial charge in [0.25, 0.3) is 0 Å². The van der Waals surface area contributed by atoms with Crippen molar-refractivity contribution in [1.29, 1.82) is 0 Å². The minimum absolute atomic E-state index is 0.0452. The summed E-state index contributed by atoms with van der Waals surface area (Å²) in [7, 11) is -3.71. The predicted octanol–water partition coefficient (Wildman–Crippen LogP) is 0.460. The van der Waals surface area contributed by atoms with Gasteiger partial charge in [-0.3, -0.25) is 4.79 Å². The summed E-state index contributed by atoms with van der Waals surface area (Å²) >= 11 is 0. The highest BCUT2D eigenvalue weighted by Gasteiger charge is 2.24. The average Bonchev–Trinajstić information content (AvgIpc) is 3.27. The van der Waals surface area contributed by atoms with Crippen LogP contribution in [0.2, 0.25) is 0 Å². The minimum atomic E-state index is -3.71. The van der Waals surface area contributed by atoms with Crippen LogP contribution in [0.1, 0.15) is 26.2 Å². The van der Waals surface area contributed by atoms with Crippen LogP contribution in [0.4, 0.5) is 5.82 Å². The van der Waals surface area contributed by atoms with Crippen molar-refractivity contribution in [2.75, 3.05) is 18.4 Å². The quantitative estimate of drug-likeness (QED) is 0.647. The molecule has 1 aliphatic rings. The molecule has 0 aromatic carbocycles. The summed E-state index contributed by atoms with van der Waals surface area (Å²) in [5.74, 6) is 0.317. The number of sulfonamides is 1. The zero-order valence-corrected chi connectivity index (χ0v) is 12.7.